The highest BCUT2D eigenvalue weighted by Gasteiger charge is 2.35. The number of fused-ring (bicyclic) bond motifs is 1. The number of primary sulfonamides is 1. The van der Waals surface area contributed by atoms with Crippen LogP contribution in [0.4, 0.5) is 19.0 Å². The lowest BCUT2D eigenvalue weighted by molar-refractivity contribution is -0.144. The first-order valence-corrected chi connectivity index (χ1v) is 10.3. The lowest BCUT2D eigenvalue weighted by Crippen LogP contribution is -2.15. The van der Waals surface area contributed by atoms with Crippen LogP contribution in [0.5, 0.6) is 0 Å². The van der Waals surface area contributed by atoms with Crippen molar-refractivity contribution < 1.29 is 21.6 Å². The SMILES string of the molecule is NS(=O)(=O)c1ccc(CCNc2nc(C(F)(F)F)nc3ccc(Br)cc23)cc1. The summed E-state index contributed by atoms with van der Waals surface area (Å²) in [7, 11) is -3.77. The van der Waals surface area contributed by atoms with Crippen molar-refractivity contribution in [1.82, 2.24) is 9.97 Å². The molecule has 0 unspecified atom stereocenters. The third kappa shape index (κ3) is 4.78. The van der Waals surface area contributed by atoms with E-state index in [0.29, 0.717) is 16.3 Å². The summed E-state index contributed by atoms with van der Waals surface area (Å²) in [6, 6.07) is 10.7. The lowest BCUT2D eigenvalue weighted by Gasteiger charge is -2.13. The van der Waals surface area contributed by atoms with Crippen molar-refractivity contribution in [2.24, 2.45) is 5.14 Å². The summed E-state index contributed by atoms with van der Waals surface area (Å²) in [4.78, 5) is 7.20. The molecule has 0 atom stereocenters. The number of rotatable bonds is 5. The number of hydrogen-bond acceptors (Lipinski definition) is 5. The van der Waals surface area contributed by atoms with Crippen LogP contribution in [0.1, 0.15) is 11.4 Å². The first-order chi connectivity index (χ1) is 13.0. The van der Waals surface area contributed by atoms with Crippen molar-refractivity contribution >= 4 is 42.7 Å². The molecular weight excluding hydrogens is 461 g/mol. The number of hydrogen-bond donors (Lipinski definition) is 2. The number of anilines is 1. The molecule has 3 N–H and O–H groups in total. The molecule has 6 nitrogen and oxygen atoms in total. The van der Waals surface area contributed by atoms with Crippen molar-refractivity contribution in [3.05, 3.63) is 58.3 Å². The molecule has 1 heterocycles. The molecule has 148 valence electrons. The standard InChI is InChI=1S/C17H14BrF3N4O2S/c18-11-3-6-14-13(9-11)15(25-16(24-14)17(19,20)21)23-8-7-10-1-4-12(5-2-10)28(22,26)27/h1-6,9H,7-8H2,(H2,22,26,27)(H,23,24,25). The molecule has 0 saturated heterocycles. The normalized spacial score (nSPS) is 12.3. The first-order valence-electron chi connectivity index (χ1n) is 7.94. The Hall–Kier alpha value is -2.24. The summed E-state index contributed by atoms with van der Waals surface area (Å²) >= 11 is 3.29. The van der Waals surface area contributed by atoms with Gasteiger partial charge in [-0.1, -0.05) is 28.1 Å². The van der Waals surface area contributed by atoms with Crippen LogP contribution < -0.4 is 10.5 Å². The van der Waals surface area contributed by atoms with Gasteiger partial charge in [-0.15, -0.1) is 0 Å². The highest BCUT2D eigenvalue weighted by molar-refractivity contribution is 9.10. The summed E-state index contributed by atoms with van der Waals surface area (Å²) < 4.78 is 62.4. The number of nitrogens with one attached hydrogen (secondary N) is 1. The van der Waals surface area contributed by atoms with E-state index in [-0.39, 0.29) is 22.8 Å². The second kappa shape index (κ2) is 7.64. The van der Waals surface area contributed by atoms with Gasteiger partial charge in [-0.25, -0.2) is 23.5 Å². The summed E-state index contributed by atoms with van der Waals surface area (Å²) in [6.45, 7) is 0.282. The molecule has 0 fully saturated rings. The minimum Gasteiger partial charge on any atom is -0.369 e. The summed E-state index contributed by atoms with van der Waals surface area (Å²) in [6.07, 6.45) is -4.23. The Kier molecular flexibility index (Phi) is 5.60. The minimum absolute atomic E-state index is 0.00864. The molecule has 0 spiro atoms. The molecule has 0 aliphatic rings. The van der Waals surface area contributed by atoms with Gasteiger partial charge >= 0.3 is 6.18 Å². The summed E-state index contributed by atoms with van der Waals surface area (Å²) in [5.74, 6) is -1.15. The third-order valence-electron chi connectivity index (χ3n) is 3.87. The molecule has 28 heavy (non-hydrogen) atoms. The maximum absolute atomic E-state index is 13.1. The van der Waals surface area contributed by atoms with E-state index < -0.39 is 22.0 Å². The molecule has 2 aromatic carbocycles. The van der Waals surface area contributed by atoms with Crippen molar-refractivity contribution in [2.45, 2.75) is 17.5 Å². The van der Waals surface area contributed by atoms with Gasteiger partial charge in [0.2, 0.25) is 15.8 Å². The van der Waals surface area contributed by atoms with E-state index in [1.165, 1.54) is 18.2 Å². The van der Waals surface area contributed by atoms with E-state index in [1.807, 2.05) is 0 Å². The Morgan fingerprint density at radius 1 is 1.07 bits per heavy atom. The first kappa shape index (κ1) is 20.5. The largest absolute Gasteiger partial charge is 0.451 e. The monoisotopic (exact) mass is 474 g/mol. The lowest BCUT2D eigenvalue weighted by atomic mass is 10.1. The van der Waals surface area contributed by atoms with E-state index in [1.54, 1.807) is 24.3 Å². The highest BCUT2D eigenvalue weighted by Crippen LogP contribution is 2.31. The zero-order valence-corrected chi connectivity index (χ0v) is 16.6. The topological polar surface area (TPSA) is 98.0 Å². The predicted molar refractivity (Wildman–Crippen MR) is 102 cm³/mol. The Bertz CT molecular complexity index is 1120. The molecule has 0 bridgehead atoms. The molecule has 3 rings (SSSR count). The maximum atomic E-state index is 13.1. The second-order valence-corrected chi connectivity index (χ2v) is 8.40. The number of halogens is 4. The fraction of sp³-hybridized carbons (Fsp3) is 0.176. The van der Waals surface area contributed by atoms with Crippen LogP contribution in [0.3, 0.4) is 0 Å². The smallest absolute Gasteiger partial charge is 0.369 e. The van der Waals surface area contributed by atoms with E-state index in [2.05, 4.69) is 31.2 Å². The quantitative estimate of drug-likeness (QED) is 0.587. The van der Waals surface area contributed by atoms with Crippen molar-refractivity contribution in [3.63, 3.8) is 0 Å². The Labute approximate surface area is 167 Å². The van der Waals surface area contributed by atoms with Crippen LogP contribution in [0, 0.1) is 0 Å². The van der Waals surface area contributed by atoms with Crippen LogP contribution in [0.25, 0.3) is 10.9 Å². The van der Waals surface area contributed by atoms with E-state index in [9.17, 15) is 21.6 Å². The van der Waals surface area contributed by atoms with E-state index in [0.717, 1.165) is 5.56 Å². The van der Waals surface area contributed by atoms with Gasteiger partial charge in [0.1, 0.15) is 5.82 Å². The summed E-state index contributed by atoms with van der Waals surface area (Å²) in [5.41, 5.74) is 0.959. The number of aromatic nitrogens is 2. The van der Waals surface area contributed by atoms with Gasteiger partial charge in [0.25, 0.3) is 0 Å². The second-order valence-electron chi connectivity index (χ2n) is 5.92. The molecule has 0 amide bonds. The highest BCUT2D eigenvalue weighted by atomic mass is 79.9. The van der Waals surface area contributed by atoms with Crippen LogP contribution in [0.15, 0.2) is 51.8 Å². The van der Waals surface area contributed by atoms with Crippen LogP contribution in [-0.2, 0) is 22.6 Å². The zero-order valence-electron chi connectivity index (χ0n) is 14.2. The van der Waals surface area contributed by atoms with Crippen molar-refractivity contribution in [3.8, 4) is 0 Å². The van der Waals surface area contributed by atoms with Gasteiger partial charge < -0.3 is 5.32 Å². The van der Waals surface area contributed by atoms with Gasteiger partial charge in [0, 0.05) is 16.4 Å². The molecule has 0 radical (unpaired) electrons. The Morgan fingerprint density at radius 2 is 1.75 bits per heavy atom. The number of sulfonamides is 1. The fourth-order valence-electron chi connectivity index (χ4n) is 2.53. The van der Waals surface area contributed by atoms with Crippen molar-refractivity contribution in [1.29, 1.82) is 0 Å². The summed E-state index contributed by atoms with van der Waals surface area (Å²) in [5, 5.41) is 8.40. The van der Waals surface area contributed by atoms with Crippen molar-refractivity contribution in [2.75, 3.05) is 11.9 Å². The Morgan fingerprint density at radius 3 is 2.36 bits per heavy atom. The number of alkyl halides is 3. The molecule has 0 aliphatic carbocycles. The molecule has 11 heteroatoms. The molecule has 0 saturated carbocycles. The van der Waals surface area contributed by atoms with Gasteiger partial charge in [-0.2, -0.15) is 13.2 Å². The zero-order chi connectivity index (χ0) is 20.5. The van der Waals surface area contributed by atoms with Crippen LogP contribution >= 0.6 is 15.9 Å². The molecule has 1 aromatic heterocycles. The molecular formula is C17H14BrF3N4O2S. The molecule has 3 aromatic rings. The van der Waals surface area contributed by atoms with Crippen LogP contribution in [-0.4, -0.2) is 24.9 Å². The predicted octanol–water partition coefficient (Wildman–Crippen LogP) is 3.71. The minimum atomic E-state index is -4.67. The number of benzene rings is 2. The third-order valence-corrected chi connectivity index (χ3v) is 5.29. The van der Waals surface area contributed by atoms with Gasteiger partial charge in [-0.05, 0) is 42.3 Å². The van der Waals surface area contributed by atoms with Crippen LogP contribution in [0.2, 0.25) is 0 Å². The Balaban J connectivity index is 1.82. The number of nitrogens with zero attached hydrogens (tertiary/aromatic N) is 2. The van der Waals surface area contributed by atoms with E-state index in [4.69, 9.17) is 5.14 Å². The maximum Gasteiger partial charge on any atom is 0.451 e. The molecule has 0 aliphatic heterocycles. The average molecular weight is 475 g/mol. The van der Waals surface area contributed by atoms with Gasteiger partial charge in [-0.3, -0.25) is 0 Å². The van der Waals surface area contributed by atoms with Gasteiger partial charge in [0.05, 0.1) is 10.4 Å². The van der Waals surface area contributed by atoms with Gasteiger partial charge in [0.15, 0.2) is 0 Å². The fourth-order valence-corrected chi connectivity index (χ4v) is 3.41. The van der Waals surface area contributed by atoms with E-state index >= 15 is 0 Å². The number of nitrogens with two attached hydrogens (primary N) is 1. The average Bonchev–Trinajstić information content (AvgIpc) is 2.60.